The smallest absolute Gasteiger partial charge is 0.254 e. The number of amides is 1. The summed E-state index contributed by atoms with van der Waals surface area (Å²) < 4.78 is 1.02. The third-order valence-corrected chi connectivity index (χ3v) is 4.28. The number of halogens is 1. The van der Waals surface area contributed by atoms with Gasteiger partial charge in [0.25, 0.3) is 5.91 Å². The summed E-state index contributed by atoms with van der Waals surface area (Å²) >= 11 is 2.22. The van der Waals surface area contributed by atoms with Gasteiger partial charge in [-0.25, -0.2) is 0 Å². The van der Waals surface area contributed by atoms with Gasteiger partial charge in [-0.1, -0.05) is 12.1 Å². The Labute approximate surface area is 116 Å². The van der Waals surface area contributed by atoms with Gasteiger partial charge >= 0.3 is 0 Å². The molecule has 0 atom stereocenters. The predicted octanol–water partition coefficient (Wildman–Crippen LogP) is 2.10. The Morgan fingerprint density at radius 3 is 2.59 bits per heavy atom. The first kappa shape index (κ1) is 12.8. The topological polar surface area (TPSA) is 46.3 Å². The zero-order chi connectivity index (χ0) is 12.3. The molecule has 0 saturated carbocycles. The minimum Gasteiger partial charge on any atom is -0.339 e. The molecule has 3 nitrogen and oxygen atoms in total. The van der Waals surface area contributed by atoms with Crippen LogP contribution in [0.4, 0.5) is 0 Å². The van der Waals surface area contributed by atoms with Crippen LogP contribution in [0.1, 0.15) is 23.2 Å². The summed E-state index contributed by atoms with van der Waals surface area (Å²) in [5.41, 5.74) is 6.47. The maximum Gasteiger partial charge on any atom is 0.254 e. The first-order valence-electron chi connectivity index (χ1n) is 5.96. The number of benzene rings is 1. The quantitative estimate of drug-likeness (QED) is 0.836. The summed E-state index contributed by atoms with van der Waals surface area (Å²) in [4.78, 5) is 14.3. The van der Waals surface area contributed by atoms with Crippen molar-refractivity contribution in [1.82, 2.24) is 4.90 Å². The van der Waals surface area contributed by atoms with E-state index in [1.165, 1.54) is 0 Å². The molecule has 0 aliphatic carbocycles. The normalized spacial score (nSPS) is 17.2. The van der Waals surface area contributed by atoms with Gasteiger partial charge in [0.05, 0.1) is 5.56 Å². The summed E-state index contributed by atoms with van der Waals surface area (Å²) in [6.45, 7) is 2.42. The van der Waals surface area contributed by atoms with Crippen LogP contribution in [-0.4, -0.2) is 30.4 Å². The van der Waals surface area contributed by atoms with Crippen LogP contribution in [0.3, 0.4) is 0 Å². The van der Waals surface area contributed by atoms with Gasteiger partial charge in [0.2, 0.25) is 0 Å². The number of likely N-dealkylation sites (tertiary alicyclic amines) is 1. The predicted molar refractivity (Wildman–Crippen MR) is 76.8 cm³/mol. The molecule has 1 heterocycles. The van der Waals surface area contributed by atoms with Gasteiger partial charge in [0, 0.05) is 16.7 Å². The third-order valence-electron chi connectivity index (χ3n) is 3.34. The average Bonchev–Trinajstić information content (AvgIpc) is 2.39. The lowest BCUT2D eigenvalue weighted by Crippen LogP contribution is -2.40. The van der Waals surface area contributed by atoms with Crippen molar-refractivity contribution in [2.24, 2.45) is 11.7 Å². The van der Waals surface area contributed by atoms with Crippen molar-refractivity contribution in [3.8, 4) is 0 Å². The standard InChI is InChI=1S/C13H17IN2O/c14-12-4-2-1-3-11(12)13(17)16-7-5-10(9-15)6-8-16/h1-4,10H,5-9,15H2. The minimum absolute atomic E-state index is 0.158. The van der Waals surface area contributed by atoms with E-state index in [0.29, 0.717) is 5.92 Å². The van der Waals surface area contributed by atoms with Crippen LogP contribution in [-0.2, 0) is 0 Å². The third kappa shape index (κ3) is 2.98. The molecule has 1 saturated heterocycles. The monoisotopic (exact) mass is 344 g/mol. The van der Waals surface area contributed by atoms with Crippen LogP contribution in [0, 0.1) is 9.49 Å². The number of carbonyl (C=O) groups excluding carboxylic acids is 1. The van der Waals surface area contributed by atoms with E-state index in [-0.39, 0.29) is 5.91 Å². The zero-order valence-electron chi connectivity index (χ0n) is 9.73. The Morgan fingerprint density at radius 1 is 1.35 bits per heavy atom. The van der Waals surface area contributed by atoms with Gasteiger partial charge in [-0.3, -0.25) is 4.79 Å². The number of piperidine rings is 1. The zero-order valence-corrected chi connectivity index (χ0v) is 11.9. The molecule has 2 N–H and O–H groups in total. The van der Waals surface area contributed by atoms with E-state index >= 15 is 0 Å². The molecule has 4 heteroatoms. The summed E-state index contributed by atoms with van der Waals surface area (Å²) in [6, 6.07) is 7.75. The van der Waals surface area contributed by atoms with E-state index in [2.05, 4.69) is 22.6 Å². The Bertz CT molecular complexity index is 400. The number of nitrogens with two attached hydrogens (primary N) is 1. The molecule has 1 fully saturated rings. The van der Waals surface area contributed by atoms with Crippen LogP contribution in [0.5, 0.6) is 0 Å². The molecule has 1 aromatic carbocycles. The number of hydrogen-bond donors (Lipinski definition) is 1. The molecule has 0 bridgehead atoms. The van der Waals surface area contributed by atoms with E-state index < -0.39 is 0 Å². The fourth-order valence-corrected chi connectivity index (χ4v) is 2.79. The molecule has 1 aliphatic heterocycles. The lowest BCUT2D eigenvalue weighted by Gasteiger charge is -2.31. The van der Waals surface area contributed by atoms with Gasteiger partial charge in [0.1, 0.15) is 0 Å². The van der Waals surface area contributed by atoms with E-state index in [1.54, 1.807) is 0 Å². The van der Waals surface area contributed by atoms with Crippen LogP contribution in [0.25, 0.3) is 0 Å². The Kier molecular flexibility index (Phi) is 4.39. The molecular weight excluding hydrogens is 327 g/mol. The van der Waals surface area contributed by atoms with Gasteiger partial charge < -0.3 is 10.6 Å². The molecule has 0 radical (unpaired) electrons. The highest BCUT2D eigenvalue weighted by Crippen LogP contribution is 2.20. The maximum absolute atomic E-state index is 12.3. The molecule has 92 valence electrons. The molecule has 1 amide bonds. The molecule has 17 heavy (non-hydrogen) atoms. The van der Waals surface area contributed by atoms with Crippen LogP contribution in [0.2, 0.25) is 0 Å². The number of rotatable bonds is 2. The van der Waals surface area contributed by atoms with E-state index in [1.807, 2.05) is 29.2 Å². The van der Waals surface area contributed by atoms with Crippen molar-refractivity contribution in [1.29, 1.82) is 0 Å². The van der Waals surface area contributed by atoms with Crippen LogP contribution in [0.15, 0.2) is 24.3 Å². The highest BCUT2D eigenvalue weighted by Gasteiger charge is 2.23. The summed E-state index contributed by atoms with van der Waals surface area (Å²) in [7, 11) is 0. The van der Waals surface area contributed by atoms with Gasteiger partial charge in [0.15, 0.2) is 0 Å². The number of carbonyl (C=O) groups is 1. The van der Waals surface area contributed by atoms with E-state index in [9.17, 15) is 4.79 Å². The molecular formula is C13H17IN2O. The largest absolute Gasteiger partial charge is 0.339 e. The number of nitrogens with zero attached hydrogens (tertiary/aromatic N) is 1. The molecule has 0 spiro atoms. The maximum atomic E-state index is 12.3. The highest BCUT2D eigenvalue weighted by atomic mass is 127. The van der Waals surface area contributed by atoms with Crippen LogP contribution >= 0.6 is 22.6 Å². The molecule has 1 aliphatic rings. The first-order valence-corrected chi connectivity index (χ1v) is 7.04. The van der Waals surface area contributed by atoms with Gasteiger partial charge in [-0.15, -0.1) is 0 Å². The fourth-order valence-electron chi connectivity index (χ4n) is 2.18. The lowest BCUT2D eigenvalue weighted by atomic mass is 9.96. The summed E-state index contributed by atoms with van der Waals surface area (Å²) in [6.07, 6.45) is 2.07. The second-order valence-corrected chi connectivity index (χ2v) is 5.61. The summed E-state index contributed by atoms with van der Waals surface area (Å²) in [5.74, 6) is 0.749. The molecule has 0 aromatic heterocycles. The average molecular weight is 344 g/mol. The Hall–Kier alpha value is -0.620. The molecule has 2 rings (SSSR count). The van der Waals surface area contributed by atoms with Crippen LogP contribution < -0.4 is 5.73 Å². The van der Waals surface area contributed by atoms with Crippen molar-refractivity contribution in [2.75, 3.05) is 19.6 Å². The van der Waals surface area contributed by atoms with E-state index in [4.69, 9.17) is 5.73 Å². The second-order valence-electron chi connectivity index (χ2n) is 4.45. The Morgan fingerprint density at radius 2 is 2.00 bits per heavy atom. The van der Waals surface area contributed by atoms with Crippen molar-refractivity contribution in [3.05, 3.63) is 33.4 Å². The lowest BCUT2D eigenvalue weighted by molar-refractivity contribution is 0.0692. The molecule has 0 unspecified atom stereocenters. The van der Waals surface area contributed by atoms with Crippen molar-refractivity contribution < 1.29 is 4.79 Å². The van der Waals surface area contributed by atoms with Gasteiger partial charge in [-0.2, -0.15) is 0 Å². The second kappa shape index (κ2) is 5.82. The Balaban J connectivity index is 2.04. The SMILES string of the molecule is NCC1CCN(C(=O)c2ccccc2I)CC1. The number of hydrogen-bond acceptors (Lipinski definition) is 2. The first-order chi connectivity index (χ1) is 8.22. The van der Waals surface area contributed by atoms with Crippen molar-refractivity contribution >= 4 is 28.5 Å². The fraction of sp³-hybridized carbons (Fsp3) is 0.462. The summed E-state index contributed by atoms with van der Waals surface area (Å²) in [5, 5.41) is 0. The highest BCUT2D eigenvalue weighted by molar-refractivity contribution is 14.1. The van der Waals surface area contributed by atoms with Crippen molar-refractivity contribution in [2.45, 2.75) is 12.8 Å². The van der Waals surface area contributed by atoms with Gasteiger partial charge in [-0.05, 0) is 60.0 Å². The van der Waals surface area contributed by atoms with Crippen molar-refractivity contribution in [3.63, 3.8) is 0 Å². The van der Waals surface area contributed by atoms with E-state index in [0.717, 1.165) is 41.6 Å². The molecule has 1 aromatic rings. The minimum atomic E-state index is 0.158.